The van der Waals surface area contributed by atoms with Crippen LogP contribution in [0, 0.1) is 24.1 Å². The monoisotopic (exact) mass is 296 g/mol. The highest BCUT2D eigenvalue weighted by Crippen LogP contribution is 2.32. The van der Waals surface area contributed by atoms with E-state index < -0.39 is 15.8 Å². The first-order chi connectivity index (χ1) is 9.48. The number of benzene rings is 1. The molecule has 1 saturated carbocycles. The molecule has 4 nitrogen and oxygen atoms in total. The summed E-state index contributed by atoms with van der Waals surface area (Å²) in [4.78, 5) is -0.351. The molecule has 0 saturated heterocycles. The van der Waals surface area contributed by atoms with E-state index in [9.17, 15) is 12.8 Å². The van der Waals surface area contributed by atoms with Gasteiger partial charge in [-0.2, -0.15) is 4.31 Å². The molecule has 1 aliphatic rings. The fraction of sp³-hybridized carbons (Fsp3) is 0.429. The van der Waals surface area contributed by atoms with E-state index in [0.717, 1.165) is 18.9 Å². The molecule has 1 fully saturated rings. The lowest BCUT2D eigenvalue weighted by atomic mass is 10.2. The number of hydrogen-bond donors (Lipinski definition) is 1. The van der Waals surface area contributed by atoms with Crippen LogP contribution >= 0.6 is 0 Å². The first-order valence-electron chi connectivity index (χ1n) is 6.41. The summed E-state index contributed by atoms with van der Waals surface area (Å²) in [6.07, 6.45) is 7.20. The van der Waals surface area contributed by atoms with Crippen molar-refractivity contribution in [2.75, 3.05) is 13.1 Å². The third-order valence-electron chi connectivity index (χ3n) is 3.28. The van der Waals surface area contributed by atoms with Crippen molar-refractivity contribution < 1.29 is 12.8 Å². The first-order valence-corrected chi connectivity index (χ1v) is 7.85. The zero-order chi connectivity index (χ0) is 14.8. The highest BCUT2D eigenvalue weighted by molar-refractivity contribution is 7.89. The summed E-state index contributed by atoms with van der Waals surface area (Å²) in [5, 5.41) is 0. The predicted molar refractivity (Wildman–Crippen MR) is 74.6 cm³/mol. The average Bonchev–Trinajstić information content (AvgIpc) is 3.22. The van der Waals surface area contributed by atoms with Gasteiger partial charge in [0.2, 0.25) is 10.0 Å². The molecule has 0 spiro atoms. The molecule has 1 aromatic carbocycles. The molecule has 0 aliphatic heterocycles. The molecule has 0 heterocycles. The summed E-state index contributed by atoms with van der Waals surface area (Å²) < 4.78 is 40.1. The molecule has 0 aromatic heterocycles. The lowest BCUT2D eigenvalue weighted by Crippen LogP contribution is -2.34. The Kier molecular flexibility index (Phi) is 4.43. The van der Waals surface area contributed by atoms with Gasteiger partial charge in [-0.25, -0.2) is 12.8 Å². The fourth-order valence-electron chi connectivity index (χ4n) is 1.95. The molecule has 0 atom stereocenters. The van der Waals surface area contributed by atoms with E-state index in [1.54, 1.807) is 0 Å². The third-order valence-corrected chi connectivity index (χ3v) is 5.10. The molecule has 1 aromatic rings. The lowest BCUT2D eigenvalue weighted by molar-refractivity contribution is 0.425. The van der Waals surface area contributed by atoms with Gasteiger partial charge in [-0.05, 0) is 36.5 Å². The highest BCUT2D eigenvalue weighted by atomic mass is 32.2. The summed E-state index contributed by atoms with van der Waals surface area (Å²) in [7, 11) is -3.92. The summed E-state index contributed by atoms with van der Waals surface area (Å²) in [6, 6.07) is 3.88. The molecular weight excluding hydrogens is 279 g/mol. The van der Waals surface area contributed by atoms with Gasteiger partial charge in [0.1, 0.15) is 10.7 Å². The van der Waals surface area contributed by atoms with E-state index in [0.29, 0.717) is 18.0 Å². The maximum Gasteiger partial charge on any atom is 0.246 e. The van der Waals surface area contributed by atoms with Crippen molar-refractivity contribution in [1.82, 2.24) is 4.31 Å². The Morgan fingerprint density at radius 1 is 1.45 bits per heavy atom. The first kappa shape index (κ1) is 15.0. The Morgan fingerprint density at radius 2 is 2.15 bits per heavy atom. The Labute approximate surface area is 118 Å². The van der Waals surface area contributed by atoms with Crippen molar-refractivity contribution in [3.63, 3.8) is 0 Å². The van der Waals surface area contributed by atoms with Crippen LogP contribution in [-0.2, 0) is 16.6 Å². The van der Waals surface area contributed by atoms with Crippen LogP contribution in [0.3, 0.4) is 0 Å². The second kappa shape index (κ2) is 5.92. The van der Waals surface area contributed by atoms with E-state index in [2.05, 4.69) is 5.92 Å². The van der Waals surface area contributed by atoms with Crippen LogP contribution in [-0.4, -0.2) is 25.8 Å². The van der Waals surface area contributed by atoms with E-state index in [4.69, 9.17) is 12.2 Å². The van der Waals surface area contributed by atoms with Crippen LogP contribution < -0.4 is 5.73 Å². The van der Waals surface area contributed by atoms with E-state index in [-0.39, 0.29) is 18.0 Å². The van der Waals surface area contributed by atoms with Gasteiger partial charge in [-0.1, -0.05) is 12.0 Å². The topological polar surface area (TPSA) is 63.4 Å². The van der Waals surface area contributed by atoms with Gasteiger partial charge < -0.3 is 5.73 Å². The number of halogens is 1. The Morgan fingerprint density at radius 3 is 2.70 bits per heavy atom. The smallest absolute Gasteiger partial charge is 0.246 e. The standard InChI is InChI=1S/C14H17FN2O2S/c1-2-7-17(10-11-3-4-11)20(18,19)14-8-12(9-16)5-6-13(14)15/h1,5-6,8,11H,3-4,7,9-10,16H2. The Balaban J connectivity index is 2.38. The van der Waals surface area contributed by atoms with Gasteiger partial charge in [-0.15, -0.1) is 6.42 Å². The fourth-order valence-corrected chi connectivity index (χ4v) is 3.49. The molecule has 20 heavy (non-hydrogen) atoms. The number of terminal acetylenes is 1. The number of sulfonamides is 1. The van der Waals surface area contributed by atoms with Crippen LogP contribution in [0.4, 0.5) is 4.39 Å². The minimum absolute atomic E-state index is 0.0505. The lowest BCUT2D eigenvalue weighted by Gasteiger charge is -2.20. The molecule has 0 amide bonds. The summed E-state index contributed by atoms with van der Waals surface area (Å²) in [6.45, 7) is 0.449. The number of nitrogens with two attached hydrogens (primary N) is 1. The largest absolute Gasteiger partial charge is 0.326 e. The van der Waals surface area contributed by atoms with Gasteiger partial charge >= 0.3 is 0 Å². The minimum atomic E-state index is -3.92. The van der Waals surface area contributed by atoms with Crippen molar-refractivity contribution in [1.29, 1.82) is 0 Å². The van der Waals surface area contributed by atoms with Crippen LogP contribution in [0.15, 0.2) is 23.1 Å². The molecule has 108 valence electrons. The van der Waals surface area contributed by atoms with Gasteiger partial charge in [-0.3, -0.25) is 0 Å². The molecule has 0 unspecified atom stereocenters. The van der Waals surface area contributed by atoms with Crippen LogP contribution in [0.25, 0.3) is 0 Å². The quantitative estimate of drug-likeness (QED) is 0.805. The van der Waals surface area contributed by atoms with Crippen LogP contribution in [0.1, 0.15) is 18.4 Å². The van der Waals surface area contributed by atoms with Crippen molar-refractivity contribution in [3.8, 4) is 12.3 Å². The third kappa shape index (κ3) is 3.18. The van der Waals surface area contributed by atoms with Gasteiger partial charge in [0, 0.05) is 13.1 Å². The molecule has 2 rings (SSSR count). The SMILES string of the molecule is C#CCN(CC1CC1)S(=O)(=O)c1cc(CN)ccc1F. The van der Waals surface area contributed by atoms with Gasteiger partial charge in [0.25, 0.3) is 0 Å². The summed E-state index contributed by atoms with van der Waals surface area (Å²) in [5.74, 6) is 1.88. The second-order valence-electron chi connectivity index (χ2n) is 4.91. The predicted octanol–water partition coefficient (Wildman–Crippen LogP) is 1.32. The molecular formula is C14H17FN2O2S. The van der Waals surface area contributed by atoms with Crippen molar-refractivity contribution in [3.05, 3.63) is 29.6 Å². The van der Waals surface area contributed by atoms with Crippen molar-refractivity contribution in [2.45, 2.75) is 24.3 Å². The van der Waals surface area contributed by atoms with E-state index >= 15 is 0 Å². The Hall–Kier alpha value is -1.42. The van der Waals surface area contributed by atoms with Crippen molar-refractivity contribution in [2.24, 2.45) is 11.7 Å². The van der Waals surface area contributed by atoms with E-state index in [1.165, 1.54) is 16.4 Å². The molecule has 6 heteroatoms. The number of hydrogen-bond acceptors (Lipinski definition) is 3. The van der Waals surface area contributed by atoms with Crippen LogP contribution in [0.2, 0.25) is 0 Å². The van der Waals surface area contributed by atoms with E-state index in [1.807, 2.05) is 0 Å². The maximum absolute atomic E-state index is 13.9. The zero-order valence-corrected chi connectivity index (χ0v) is 11.9. The minimum Gasteiger partial charge on any atom is -0.326 e. The van der Waals surface area contributed by atoms with Crippen molar-refractivity contribution >= 4 is 10.0 Å². The summed E-state index contributed by atoms with van der Waals surface area (Å²) in [5.41, 5.74) is 6.04. The van der Waals surface area contributed by atoms with Crippen LogP contribution in [0.5, 0.6) is 0 Å². The molecule has 2 N–H and O–H groups in total. The molecule has 0 radical (unpaired) electrons. The highest BCUT2D eigenvalue weighted by Gasteiger charge is 2.32. The molecule has 0 bridgehead atoms. The zero-order valence-electron chi connectivity index (χ0n) is 11.0. The summed E-state index contributed by atoms with van der Waals surface area (Å²) >= 11 is 0. The Bertz CT molecular complexity index is 633. The number of nitrogens with zero attached hydrogens (tertiary/aromatic N) is 1. The van der Waals surface area contributed by atoms with Gasteiger partial charge in [0.05, 0.1) is 6.54 Å². The number of rotatable bonds is 6. The maximum atomic E-state index is 13.9. The molecule has 1 aliphatic carbocycles. The second-order valence-corrected chi connectivity index (χ2v) is 6.82. The average molecular weight is 296 g/mol. The van der Waals surface area contributed by atoms with Gasteiger partial charge in [0.15, 0.2) is 0 Å². The normalized spacial score (nSPS) is 15.3.